The Morgan fingerprint density at radius 3 is 3.00 bits per heavy atom. The Morgan fingerprint density at radius 1 is 1.45 bits per heavy atom. The standard InChI is InChI=1S/C19H17N7O3S2/c1-3-7-25-17(22-23-19(25)30)16-11(2)20-18(31-16)21-15(27)10-24-8-6-12-9-13(26(28)29)4-5-14(12)24/h3-6,8-9H,1,7,10H2,2H3,(H,23,30)(H,20,21,27). The van der Waals surface area contributed by atoms with Gasteiger partial charge in [-0.3, -0.25) is 24.6 Å². The minimum absolute atomic E-state index is 0.00906. The van der Waals surface area contributed by atoms with Crippen LogP contribution in [0.4, 0.5) is 10.8 Å². The van der Waals surface area contributed by atoms with Gasteiger partial charge in [-0.2, -0.15) is 5.10 Å². The number of nitro groups is 1. The number of nitrogens with zero attached hydrogens (tertiary/aromatic N) is 5. The Morgan fingerprint density at radius 2 is 2.26 bits per heavy atom. The van der Waals surface area contributed by atoms with E-state index < -0.39 is 4.92 Å². The van der Waals surface area contributed by atoms with Crippen LogP contribution in [-0.2, 0) is 17.9 Å². The number of allylic oxidation sites excluding steroid dienone is 1. The SMILES string of the molecule is C=CCn1c(-c2sc(NC(=O)Cn3ccc4cc([N+](=O)[O-])ccc43)nc2C)n[nH]c1=S. The van der Waals surface area contributed by atoms with Gasteiger partial charge in [-0.15, -0.1) is 6.58 Å². The third kappa shape index (κ3) is 4.02. The minimum Gasteiger partial charge on any atom is -0.338 e. The first-order valence-corrected chi connectivity index (χ1v) is 10.4. The molecule has 0 aliphatic rings. The second-order valence-corrected chi connectivity index (χ2v) is 8.06. The second-order valence-electron chi connectivity index (χ2n) is 6.68. The van der Waals surface area contributed by atoms with Gasteiger partial charge in [-0.1, -0.05) is 17.4 Å². The number of carbonyl (C=O) groups excluding carboxylic acids is 1. The summed E-state index contributed by atoms with van der Waals surface area (Å²) in [5, 5.41) is 21.9. The minimum atomic E-state index is -0.446. The van der Waals surface area contributed by atoms with E-state index in [1.807, 2.05) is 6.92 Å². The fraction of sp³-hybridized carbons (Fsp3) is 0.158. The van der Waals surface area contributed by atoms with E-state index in [0.29, 0.717) is 27.7 Å². The topological polar surface area (TPSA) is 124 Å². The average Bonchev–Trinajstić information content (AvgIpc) is 3.40. The lowest BCUT2D eigenvalue weighted by atomic mass is 10.2. The number of anilines is 1. The normalized spacial score (nSPS) is 11.0. The second kappa shape index (κ2) is 8.24. The van der Waals surface area contributed by atoms with Gasteiger partial charge in [0.05, 0.1) is 15.5 Å². The maximum atomic E-state index is 12.6. The average molecular weight is 456 g/mol. The summed E-state index contributed by atoms with van der Waals surface area (Å²) in [5.41, 5.74) is 1.46. The maximum absolute atomic E-state index is 12.6. The van der Waals surface area contributed by atoms with Gasteiger partial charge < -0.3 is 9.88 Å². The molecule has 4 rings (SSSR count). The molecule has 10 nitrogen and oxygen atoms in total. The summed E-state index contributed by atoms with van der Waals surface area (Å²) in [6.07, 6.45) is 3.45. The first kappa shape index (κ1) is 20.6. The number of hydrogen-bond donors (Lipinski definition) is 2. The number of nitro benzene ring substituents is 1. The highest BCUT2D eigenvalue weighted by Crippen LogP contribution is 2.31. The number of nitrogens with one attached hydrogen (secondary N) is 2. The monoisotopic (exact) mass is 455 g/mol. The number of thiazole rings is 1. The molecule has 158 valence electrons. The van der Waals surface area contributed by atoms with Gasteiger partial charge in [-0.25, -0.2) is 4.98 Å². The van der Waals surface area contributed by atoms with Crippen LogP contribution < -0.4 is 5.32 Å². The highest BCUT2D eigenvalue weighted by Gasteiger charge is 2.18. The van der Waals surface area contributed by atoms with E-state index in [9.17, 15) is 14.9 Å². The molecule has 2 N–H and O–H groups in total. The molecule has 0 radical (unpaired) electrons. The van der Waals surface area contributed by atoms with Crippen LogP contribution in [0.25, 0.3) is 21.6 Å². The smallest absolute Gasteiger partial charge is 0.270 e. The zero-order valence-electron chi connectivity index (χ0n) is 16.4. The van der Waals surface area contributed by atoms with Crippen molar-refractivity contribution in [2.75, 3.05) is 5.32 Å². The molecule has 3 aromatic heterocycles. The molecular formula is C19H17N7O3S2. The van der Waals surface area contributed by atoms with Crippen molar-refractivity contribution in [2.24, 2.45) is 0 Å². The summed E-state index contributed by atoms with van der Waals surface area (Å²) in [6, 6.07) is 6.28. The highest BCUT2D eigenvalue weighted by atomic mass is 32.1. The first-order chi connectivity index (χ1) is 14.9. The Labute approximate surface area is 185 Å². The summed E-state index contributed by atoms with van der Waals surface area (Å²) in [4.78, 5) is 28.3. The summed E-state index contributed by atoms with van der Waals surface area (Å²) in [6.45, 7) is 6.12. The third-order valence-corrected chi connectivity index (χ3v) is 5.98. The number of non-ortho nitro benzene ring substituents is 1. The molecule has 12 heteroatoms. The Hall–Kier alpha value is -3.64. The predicted molar refractivity (Wildman–Crippen MR) is 121 cm³/mol. The van der Waals surface area contributed by atoms with Crippen LogP contribution in [0.2, 0.25) is 0 Å². The molecule has 0 bridgehead atoms. The fourth-order valence-electron chi connectivity index (χ4n) is 3.20. The van der Waals surface area contributed by atoms with Gasteiger partial charge in [0.1, 0.15) is 6.54 Å². The fourth-order valence-corrected chi connectivity index (χ4v) is 4.39. The van der Waals surface area contributed by atoms with E-state index in [-0.39, 0.29) is 18.1 Å². The molecular weight excluding hydrogens is 438 g/mol. The lowest BCUT2D eigenvalue weighted by molar-refractivity contribution is -0.384. The third-order valence-electron chi connectivity index (χ3n) is 4.60. The largest absolute Gasteiger partial charge is 0.338 e. The van der Waals surface area contributed by atoms with Gasteiger partial charge in [0.2, 0.25) is 5.91 Å². The molecule has 0 spiro atoms. The van der Waals surface area contributed by atoms with E-state index in [4.69, 9.17) is 12.2 Å². The molecule has 0 saturated heterocycles. The van der Waals surface area contributed by atoms with E-state index in [0.717, 1.165) is 16.1 Å². The molecule has 0 aliphatic heterocycles. The summed E-state index contributed by atoms with van der Waals surface area (Å²) in [5.74, 6) is 0.375. The Balaban J connectivity index is 1.53. The number of fused-ring (bicyclic) bond motifs is 1. The van der Waals surface area contributed by atoms with E-state index in [1.54, 1.807) is 33.5 Å². The molecule has 4 aromatic rings. The van der Waals surface area contributed by atoms with Crippen molar-refractivity contribution < 1.29 is 9.72 Å². The van der Waals surface area contributed by atoms with Gasteiger partial charge in [0.25, 0.3) is 5.69 Å². The molecule has 31 heavy (non-hydrogen) atoms. The van der Waals surface area contributed by atoms with Crippen molar-refractivity contribution in [1.29, 1.82) is 0 Å². The lowest BCUT2D eigenvalue weighted by Gasteiger charge is -2.05. The van der Waals surface area contributed by atoms with Crippen LogP contribution in [0, 0.1) is 21.8 Å². The summed E-state index contributed by atoms with van der Waals surface area (Å²) in [7, 11) is 0. The van der Waals surface area contributed by atoms with Crippen LogP contribution >= 0.6 is 23.6 Å². The molecule has 0 aliphatic carbocycles. The maximum Gasteiger partial charge on any atom is 0.270 e. The number of aromatic amines is 1. The van der Waals surface area contributed by atoms with Crippen molar-refractivity contribution in [2.45, 2.75) is 20.0 Å². The van der Waals surface area contributed by atoms with E-state index in [1.165, 1.54) is 23.5 Å². The number of H-pyrrole nitrogens is 1. The molecule has 0 saturated carbocycles. The zero-order chi connectivity index (χ0) is 22.1. The van der Waals surface area contributed by atoms with E-state index in [2.05, 4.69) is 27.1 Å². The van der Waals surface area contributed by atoms with Gasteiger partial charge >= 0.3 is 0 Å². The number of aryl methyl sites for hydroxylation is 1. The number of benzene rings is 1. The van der Waals surface area contributed by atoms with Gasteiger partial charge in [-0.05, 0) is 31.3 Å². The van der Waals surface area contributed by atoms with Crippen LogP contribution in [0.3, 0.4) is 0 Å². The van der Waals surface area contributed by atoms with E-state index >= 15 is 0 Å². The summed E-state index contributed by atoms with van der Waals surface area (Å²) < 4.78 is 4.01. The number of hydrogen-bond acceptors (Lipinski definition) is 7. The molecule has 1 amide bonds. The number of carbonyl (C=O) groups is 1. The lowest BCUT2D eigenvalue weighted by Crippen LogP contribution is -2.18. The zero-order valence-corrected chi connectivity index (χ0v) is 18.0. The van der Waals surface area contributed by atoms with Crippen LogP contribution in [0.1, 0.15) is 5.69 Å². The number of aromatic nitrogens is 5. The van der Waals surface area contributed by atoms with Crippen molar-refractivity contribution in [1.82, 2.24) is 24.3 Å². The van der Waals surface area contributed by atoms with Crippen LogP contribution in [-0.4, -0.2) is 35.1 Å². The molecule has 3 heterocycles. The van der Waals surface area contributed by atoms with Crippen molar-refractivity contribution in [3.05, 3.63) is 63.7 Å². The Bertz CT molecular complexity index is 1380. The van der Waals surface area contributed by atoms with Gasteiger partial charge in [0.15, 0.2) is 15.7 Å². The predicted octanol–water partition coefficient (Wildman–Crippen LogP) is 4.06. The molecule has 0 unspecified atom stereocenters. The molecule has 0 atom stereocenters. The number of amides is 1. The first-order valence-electron chi connectivity index (χ1n) is 9.14. The van der Waals surface area contributed by atoms with Crippen molar-refractivity contribution in [3.63, 3.8) is 0 Å². The molecule has 0 fully saturated rings. The van der Waals surface area contributed by atoms with Crippen molar-refractivity contribution >= 4 is 51.2 Å². The van der Waals surface area contributed by atoms with Crippen molar-refractivity contribution in [3.8, 4) is 10.7 Å². The quantitative estimate of drug-likeness (QED) is 0.187. The molecule has 1 aromatic carbocycles. The number of rotatable bonds is 7. The van der Waals surface area contributed by atoms with Gasteiger partial charge in [0, 0.05) is 35.8 Å². The van der Waals surface area contributed by atoms with Crippen LogP contribution in [0.15, 0.2) is 43.1 Å². The van der Waals surface area contributed by atoms with Crippen LogP contribution in [0.5, 0.6) is 0 Å². The highest BCUT2D eigenvalue weighted by molar-refractivity contribution is 7.71. The Kier molecular flexibility index (Phi) is 5.48. The summed E-state index contributed by atoms with van der Waals surface area (Å²) >= 11 is 6.56.